The van der Waals surface area contributed by atoms with Crippen LogP contribution in [0.2, 0.25) is 0 Å². The normalized spacial score (nSPS) is 10.7. The lowest BCUT2D eigenvalue weighted by Crippen LogP contribution is -2.24. The van der Waals surface area contributed by atoms with E-state index in [1.807, 2.05) is 0 Å². The van der Waals surface area contributed by atoms with Gasteiger partial charge in [-0.1, -0.05) is 25.5 Å². The Balaban J connectivity index is 2.10. The number of hydrogen-bond donors (Lipinski definition) is 2. The Hall–Kier alpha value is -2.24. The maximum atomic E-state index is 12.7. The first-order valence-corrected chi connectivity index (χ1v) is 7.96. The minimum absolute atomic E-state index is 0.0354. The second-order valence-corrected chi connectivity index (χ2v) is 5.26. The fourth-order valence-corrected chi connectivity index (χ4v) is 1.85. The number of hydrazone groups is 1. The number of rotatable bonds is 10. The minimum atomic E-state index is -0.315. The third-order valence-electron chi connectivity index (χ3n) is 3.18. The zero-order chi connectivity index (χ0) is 16.9. The second kappa shape index (κ2) is 11.3. The lowest BCUT2D eigenvalue weighted by Gasteiger charge is -2.04. The van der Waals surface area contributed by atoms with Crippen molar-refractivity contribution in [1.82, 2.24) is 10.7 Å². The van der Waals surface area contributed by atoms with Crippen molar-refractivity contribution >= 4 is 18.0 Å². The Kier molecular flexibility index (Phi) is 9.28. The Labute approximate surface area is 136 Å². The molecule has 0 atom stereocenters. The summed E-state index contributed by atoms with van der Waals surface area (Å²) in [6.45, 7) is 2.79. The van der Waals surface area contributed by atoms with Crippen molar-refractivity contribution in [3.8, 4) is 0 Å². The van der Waals surface area contributed by atoms with Crippen LogP contribution in [0, 0.1) is 5.82 Å². The predicted molar refractivity (Wildman–Crippen MR) is 88.5 cm³/mol. The first-order valence-electron chi connectivity index (χ1n) is 7.96. The maximum Gasteiger partial charge on any atom is 0.240 e. The van der Waals surface area contributed by atoms with Gasteiger partial charge >= 0.3 is 0 Å². The van der Waals surface area contributed by atoms with Gasteiger partial charge in [-0.3, -0.25) is 9.59 Å². The van der Waals surface area contributed by atoms with Crippen molar-refractivity contribution in [1.29, 1.82) is 0 Å². The van der Waals surface area contributed by atoms with Crippen molar-refractivity contribution in [2.24, 2.45) is 5.10 Å². The standard InChI is InChI=1S/C17H24FN3O2/c1-2-3-12-19-16(22)6-4-5-7-17(23)21-20-13-14-8-10-15(18)11-9-14/h8-11,13H,2-7,12H2,1H3,(H,19,22)(H,21,23)/b20-13-. The summed E-state index contributed by atoms with van der Waals surface area (Å²) < 4.78 is 12.7. The fraction of sp³-hybridized carbons (Fsp3) is 0.471. The summed E-state index contributed by atoms with van der Waals surface area (Å²) in [5, 5.41) is 6.65. The largest absolute Gasteiger partial charge is 0.356 e. The Morgan fingerprint density at radius 1 is 1.09 bits per heavy atom. The molecule has 0 aliphatic carbocycles. The van der Waals surface area contributed by atoms with Crippen molar-refractivity contribution < 1.29 is 14.0 Å². The number of hydrogen-bond acceptors (Lipinski definition) is 3. The van der Waals surface area contributed by atoms with Gasteiger partial charge in [-0.15, -0.1) is 0 Å². The number of halogens is 1. The molecule has 5 nitrogen and oxygen atoms in total. The molecular weight excluding hydrogens is 297 g/mol. The first-order chi connectivity index (χ1) is 11.1. The average molecular weight is 321 g/mol. The molecule has 0 spiro atoms. The van der Waals surface area contributed by atoms with Crippen LogP contribution < -0.4 is 10.7 Å². The van der Waals surface area contributed by atoms with E-state index >= 15 is 0 Å². The number of carbonyl (C=O) groups excluding carboxylic acids is 2. The Morgan fingerprint density at radius 2 is 1.74 bits per heavy atom. The predicted octanol–water partition coefficient (Wildman–Crippen LogP) is 2.75. The average Bonchev–Trinajstić information content (AvgIpc) is 2.54. The molecule has 6 heteroatoms. The number of carbonyl (C=O) groups is 2. The monoisotopic (exact) mass is 321 g/mol. The van der Waals surface area contributed by atoms with E-state index < -0.39 is 0 Å². The number of benzene rings is 1. The van der Waals surface area contributed by atoms with Gasteiger partial charge in [0, 0.05) is 19.4 Å². The lowest BCUT2D eigenvalue weighted by atomic mass is 10.2. The molecule has 1 aromatic carbocycles. The molecule has 0 unspecified atom stereocenters. The van der Waals surface area contributed by atoms with E-state index in [-0.39, 0.29) is 17.6 Å². The molecule has 1 aromatic rings. The van der Waals surface area contributed by atoms with Crippen LogP contribution in [0.15, 0.2) is 29.4 Å². The van der Waals surface area contributed by atoms with E-state index in [1.54, 1.807) is 12.1 Å². The highest BCUT2D eigenvalue weighted by atomic mass is 19.1. The molecule has 2 N–H and O–H groups in total. The highest BCUT2D eigenvalue weighted by Crippen LogP contribution is 2.01. The van der Waals surface area contributed by atoms with Crippen LogP contribution in [0.1, 0.15) is 51.0 Å². The van der Waals surface area contributed by atoms with Gasteiger partial charge in [-0.05, 0) is 37.0 Å². The highest BCUT2D eigenvalue weighted by Gasteiger charge is 2.03. The van der Waals surface area contributed by atoms with E-state index in [2.05, 4.69) is 22.8 Å². The van der Waals surface area contributed by atoms with Crippen LogP contribution in [0.25, 0.3) is 0 Å². The van der Waals surface area contributed by atoms with Gasteiger partial charge in [0.05, 0.1) is 6.21 Å². The molecule has 0 aliphatic heterocycles. The zero-order valence-corrected chi connectivity index (χ0v) is 13.5. The molecule has 2 amide bonds. The molecule has 0 heterocycles. The van der Waals surface area contributed by atoms with Crippen LogP contribution in [0.3, 0.4) is 0 Å². The van der Waals surface area contributed by atoms with Gasteiger partial charge in [0.25, 0.3) is 0 Å². The number of amides is 2. The SMILES string of the molecule is CCCCNC(=O)CCCCC(=O)N/N=C\c1ccc(F)cc1. The van der Waals surface area contributed by atoms with Gasteiger partial charge in [0.15, 0.2) is 0 Å². The van der Waals surface area contributed by atoms with Crippen molar-refractivity contribution in [3.63, 3.8) is 0 Å². The van der Waals surface area contributed by atoms with Gasteiger partial charge in [-0.2, -0.15) is 5.10 Å². The van der Waals surface area contributed by atoms with Crippen LogP contribution in [-0.2, 0) is 9.59 Å². The van der Waals surface area contributed by atoms with E-state index in [9.17, 15) is 14.0 Å². The topological polar surface area (TPSA) is 70.6 Å². The first kappa shape index (κ1) is 18.8. The molecule has 0 radical (unpaired) electrons. The quantitative estimate of drug-likeness (QED) is 0.395. The summed E-state index contributed by atoms with van der Waals surface area (Å²) in [4.78, 5) is 23.0. The summed E-state index contributed by atoms with van der Waals surface area (Å²) >= 11 is 0. The Bertz CT molecular complexity index is 515. The molecule has 0 saturated heterocycles. The van der Waals surface area contributed by atoms with E-state index in [0.29, 0.717) is 37.8 Å². The minimum Gasteiger partial charge on any atom is -0.356 e. The molecule has 126 valence electrons. The zero-order valence-electron chi connectivity index (χ0n) is 13.5. The van der Waals surface area contributed by atoms with E-state index in [4.69, 9.17) is 0 Å². The number of nitrogens with one attached hydrogen (secondary N) is 2. The van der Waals surface area contributed by atoms with Crippen molar-refractivity contribution in [3.05, 3.63) is 35.6 Å². The van der Waals surface area contributed by atoms with Crippen LogP contribution in [0.4, 0.5) is 4.39 Å². The molecule has 0 saturated carbocycles. The molecular formula is C17H24FN3O2. The summed E-state index contributed by atoms with van der Waals surface area (Å²) in [5.74, 6) is -0.479. The number of unbranched alkanes of at least 4 members (excludes halogenated alkanes) is 2. The smallest absolute Gasteiger partial charge is 0.240 e. The van der Waals surface area contributed by atoms with Crippen molar-refractivity contribution in [2.75, 3.05) is 6.54 Å². The molecule has 0 aromatic heterocycles. The van der Waals surface area contributed by atoms with Crippen LogP contribution in [0.5, 0.6) is 0 Å². The van der Waals surface area contributed by atoms with Crippen LogP contribution in [-0.4, -0.2) is 24.6 Å². The maximum absolute atomic E-state index is 12.7. The van der Waals surface area contributed by atoms with Crippen LogP contribution >= 0.6 is 0 Å². The van der Waals surface area contributed by atoms with E-state index in [0.717, 1.165) is 12.8 Å². The Morgan fingerprint density at radius 3 is 2.39 bits per heavy atom. The van der Waals surface area contributed by atoms with Gasteiger partial charge < -0.3 is 5.32 Å². The molecule has 23 heavy (non-hydrogen) atoms. The molecule has 0 bridgehead atoms. The summed E-state index contributed by atoms with van der Waals surface area (Å²) in [5.41, 5.74) is 3.12. The highest BCUT2D eigenvalue weighted by molar-refractivity contribution is 5.82. The third kappa shape index (κ3) is 9.39. The van der Waals surface area contributed by atoms with Crippen molar-refractivity contribution in [2.45, 2.75) is 45.4 Å². The molecule has 0 aliphatic rings. The summed E-state index contributed by atoms with van der Waals surface area (Å²) in [7, 11) is 0. The second-order valence-electron chi connectivity index (χ2n) is 5.26. The molecule has 1 rings (SSSR count). The van der Waals surface area contributed by atoms with E-state index in [1.165, 1.54) is 18.3 Å². The summed E-state index contributed by atoms with van der Waals surface area (Å²) in [6.07, 6.45) is 5.57. The summed E-state index contributed by atoms with van der Waals surface area (Å²) in [6, 6.07) is 5.80. The van der Waals surface area contributed by atoms with Gasteiger partial charge in [0.1, 0.15) is 5.82 Å². The lowest BCUT2D eigenvalue weighted by molar-refractivity contribution is -0.123. The fourth-order valence-electron chi connectivity index (χ4n) is 1.85. The van der Waals surface area contributed by atoms with Gasteiger partial charge in [0.2, 0.25) is 11.8 Å². The molecule has 0 fully saturated rings. The number of nitrogens with zero attached hydrogens (tertiary/aromatic N) is 1. The third-order valence-corrected chi connectivity index (χ3v) is 3.18. The van der Waals surface area contributed by atoms with Gasteiger partial charge in [-0.25, -0.2) is 9.82 Å².